The maximum absolute atomic E-state index is 12.2. The average molecular weight is 358 g/mol. The lowest BCUT2D eigenvalue weighted by atomic mass is 10.2. The SMILES string of the molecule is CC1=NN(c2ccc(C(=O)NCCc3nc(C(=O)O)cs3)cc2)CC1. The second kappa shape index (κ2) is 7.43. The molecule has 0 spiro atoms. The van der Waals surface area contributed by atoms with E-state index in [-0.39, 0.29) is 11.6 Å². The molecule has 0 saturated carbocycles. The number of rotatable bonds is 6. The maximum Gasteiger partial charge on any atom is 0.355 e. The predicted octanol–water partition coefficient (Wildman–Crippen LogP) is 2.40. The van der Waals surface area contributed by atoms with Crippen LogP contribution in [0.1, 0.15) is 39.2 Å². The van der Waals surface area contributed by atoms with Crippen LogP contribution in [-0.2, 0) is 6.42 Å². The van der Waals surface area contributed by atoms with Crippen LogP contribution in [0.5, 0.6) is 0 Å². The van der Waals surface area contributed by atoms with Gasteiger partial charge in [-0.2, -0.15) is 5.10 Å². The normalized spacial score (nSPS) is 13.6. The first-order valence-electron chi connectivity index (χ1n) is 7.90. The molecule has 1 aromatic carbocycles. The summed E-state index contributed by atoms with van der Waals surface area (Å²) in [4.78, 5) is 26.9. The van der Waals surface area contributed by atoms with Gasteiger partial charge >= 0.3 is 5.97 Å². The number of carboxylic acid groups (broad SMARTS) is 1. The van der Waals surface area contributed by atoms with Gasteiger partial charge in [0.2, 0.25) is 0 Å². The molecule has 0 fully saturated rings. The van der Waals surface area contributed by atoms with Crippen molar-refractivity contribution in [2.75, 3.05) is 18.1 Å². The summed E-state index contributed by atoms with van der Waals surface area (Å²) in [5, 5.41) is 20.2. The van der Waals surface area contributed by atoms with Crippen LogP contribution in [0.4, 0.5) is 5.69 Å². The highest BCUT2D eigenvalue weighted by atomic mass is 32.1. The van der Waals surface area contributed by atoms with Gasteiger partial charge in [-0.15, -0.1) is 11.3 Å². The van der Waals surface area contributed by atoms with E-state index in [2.05, 4.69) is 15.4 Å². The Balaban J connectivity index is 1.51. The molecule has 2 N–H and O–H groups in total. The van der Waals surface area contributed by atoms with Crippen molar-refractivity contribution in [3.63, 3.8) is 0 Å². The van der Waals surface area contributed by atoms with Gasteiger partial charge in [0.05, 0.1) is 10.7 Å². The number of anilines is 1. The summed E-state index contributed by atoms with van der Waals surface area (Å²) < 4.78 is 0. The quantitative estimate of drug-likeness (QED) is 0.827. The molecule has 0 bridgehead atoms. The molecule has 1 aliphatic heterocycles. The predicted molar refractivity (Wildman–Crippen MR) is 96.6 cm³/mol. The van der Waals surface area contributed by atoms with E-state index in [1.807, 2.05) is 24.1 Å². The van der Waals surface area contributed by atoms with E-state index in [9.17, 15) is 9.59 Å². The molecule has 2 aromatic rings. The van der Waals surface area contributed by atoms with Gasteiger partial charge in [0.1, 0.15) is 0 Å². The van der Waals surface area contributed by atoms with E-state index < -0.39 is 5.97 Å². The van der Waals surface area contributed by atoms with Crippen LogP contribution in [-0.4, -0.2) is 40.8 Å². The number of carbonyl (C=O) groups excluding carboxylic acids is 1. The molecule has 8 heteroatoms. The van der Waals surface area contributed by atoms with E-state index >= 15 is 0 Å². The van der Waals surface area contributed by atoms with E-state index in [0.29, 0.717) is 23.5 Å². The monoisotopic (exact) mass is 358 g/mol. The van der Waals surface area contributed by atoms with Gasteiger partial charge in [0, 0.05) is 42.6 Å². The molecule has 1 aliphatic rings. The minimum atomic E-state index is -1.04. The highest BCUT2D eigenvalue weighted by Gasteiger charge is 2.14. The third-order valence-corrected chi connectivity index (χ3v) is 4.71. The first kappa shape index (κ1) is 17.1. The molecule has 7 nitrogen and oxygen atoms in total. The number of aromatic nitrogens is 1. The highest BCUT2D eigenvalue weighted by molar-refractivity contribution is 7.09. The number of hydrazone groups is 1. The fourth-order valence-corrected chi connectivity index (χ4v) is 3.23. The molecule has 0 atom stereocenters. The third-order valence-electron chi connectivity index (χ3n) is 3.80. The number of amides is 1. The molecular weight excluding hydrogens is 340 g/mol. The number of aromatic carboxylic acids is 1. The number of thiazole rings is 1. The Morgan fingerprint density at radius 3 is 2.68 bits per heavy atom. The van der Waals surface area contributed by atoms with Gasteiger partial charge in [-0.3, -0.25) is 9.80 Å². The smallest absolute Gasteiger partial charge is 0.355 e. The summed E-state index contributed by atoms with van der Waals surface area (Å²) >= 11 is 1.28. The van der Waals surface area contributed by atoms with Gasteiger partial charge < -0.3 is 10.4 Å². The highest BCUT2D eigenvalue weighted by Crippen LogP contribution is 2.19. The van der Waals surface area contributed by atoms with Gasteiger partial charge in [0.25, 0.3) is 5.91 Å². The Morgan fingerprint density at radius 1 is 1.32 bits per heavy atom. The third kappa shape index (κ3) is 4.21. The van der Waals surface area contributed by atoms with Gasteiger partial charge in [-0.05, 0) is 31.2 Å². The maximum atomic E-state index is 12.2. The van der Waals surface area contributed by atoms with Crippen molar-refractivity contribution in [1.82, 2.24) is 10.3 Å². The molecule has 0 unspecified atom stereocenters. The van der Waals surface area contributed by atoms with Crippen LogP contribution in [0.3, 0.4) is 0 Å². The fourth-order valence-electron chi connectivity index (χ4n) is 2.45. The Kier molecular flexibility index (Phi) is 5.08. The zero-order valence-corrected chi connectivity index (χ0v) is 14.5. The number of hydrogen-bond donors (Lipinski definition) is 2. The standard InChI is InChI=1S/C17H18N4O3S/c1-11-7-9-21(20-11)13-4-2-12(3-5-13)16(22)18-8-6-15-19-14(10-25-15)17(23)24/h2-5,10H,6-9H2,1H3,(H,18,22)(H,23,24). The Bertz CT molecular complexity index is 814. The van der Waals surface area contributed by atoms with Crippen molar-refractivity contribution in [3.05, 3.63) is 45.9 Å². The van der Waals surface area contributed by atoms with Crippen molar-refractivity contribution < 1.29 is 14.7 Å². The minimum Gasteiger partial charge on any atom is -0.476 e. The van der Waals surface area contributed by atoms with Crippen LogP contribution in [0.15, 0.2) is 34.7 Å². The Morgan fingerprint density at radius 2 is 2.08 bits per heavy atom. The molecular formula is C17H18N4O3S. The van der Waals surface area contributed by atoms with Crippen molar-refractivity contribution in [2.24, 2.45) is 5.10 Å². The van der Waals surface area contributed by atoms with Crippen LogP contribution < -0.4 is 10.3 Å². The molecule has 2 heterocycles. The van der Waals surface area contributed by atoms with Crippen molar-refractivity contribution in [3.8, 4) is 0 Å². The summed E-state index contributed by atoms with van der Waals surface area (Å²) in [5.74, 6) is -1.20. The van der Waals surface area contributed by atoms with E-state index in [4.69, 9.17) is 5.11 Å². The molecule has 130 valence electrons. The van der Waals surface area contributed by atoms with Crippen molar-refractivity contribution in [1.29, 1.82) is 0 Å². The van der Waals surface area contributed by atoms with E-state index in [1.54, 1.807) is 12.1 Å². The number of carbonyl (C=O) groups is 2. The van der Waals surface area contributed by atoms with Gasteiger partial charge in [0.15, 0.2) is 5.69 Å². The summed E-state index contributed by atoms with van der Waals surface area (Å²) in [6, 6.07) is 7.33. The number of nitrogens with zero attached hydrogens (tertiary/aromatic N) is 3. The lowest BCUT2D eigenvalue weighted by molar-refractivity contribution is 0.0690. The molecule has 1 aromatic heterocycles. The lowest BCUT2D eigenvalue weighted by Crippen LogP contribution is -2.25. The zero-order valence-electron chi connectivity index (χ0n) is 13.7. The summed E-state index contributed by atoms with van der Waals surface area (Å²) in [6.45, 7) is 3.27. The van der Waals surface area contributed by atoms with Crippen LogP contribution in [0, 0.1) is 0 Å². The van der Waals surface area contributed by atoms with Crippen molar-refractivity contribution >= 4 is 34.6 Å². The van der Waals surface area contributed by atoms with Gasteiger partial charge in [-0.25, -0.2) is 9.78 Å². The number of nitrogens with one attached hydrogen (secondary N) is 1. The average Bonchev–Trinajstić information content (AvgIpc) is 3.24. The van der Waals surface area contributed by atoms with Crippen LogP contribution in [0.25, 0.3) is 0 Å². The first-order chi connectivity index (χ1) is 12.0. The fraction of sp³-hybridized carbons (Fsp3) is 0.294. The molecule has 1 amide bonds. The summed E-state index contributed by atoms with van der Waals surface area (Å²) in [5.41, 5.74) is 2.70. The second-order valence-electron chi connectivity index (χ2n) is 5.69. The molecule has 0 radical (unpaired) electrons. The zero-order chi connectivity index (χ0) is 17.8. The summed E-state index contributed by atoms with van der Waals surface area (Å²) in [6.07, 6.45) is 1.46. The number of hydrogen-bond acceptors (Lipinski definition) is 6. The largest absolute Gasteiger partial charge is 0.476 e. The number of carboxylic acids is 1. The molecule has 0 aliphatic carbocycles. The first-order valence-corrected chi connectivity index (χ1v) is 8.78. The topological polar surface area (TPSA) is 94.9 Å². The van der Waals surface area contributed by atoms with Crippen molar-refractivity contribution in [2.45, 2.75) is 19.8 Å². The summed E-state index contributed by atoms with van der Waals surface area (Å²) in [7, 11) is 0. The molecule has 0 saturated heterocycles. The van der Waals surface area contributed by atoms with Gasteiger partial charge in [-0.1, -0.05) is 0 Å². The Hall–Kier alpha value is -2.74. The van der Waals surface area contributed by atoms with Crippen LogP contribution >= 0.6 is 11.3 Å². The number of benzene rings is 1. The minimum absolute atomic E-state index is 0.0433. The molecule has 3 rings (SSSR count). The van der Waals surface area contributed by atoms with Crippen LogP contribution in [0.2, 0.25) is 0 Å². The molecule has 25 heavy (non-hydrogen) atoms. The van der Waals surface area contributed by atoms with E-state index in [1.165, 1.54) is 16.7 Å². The second-order valence-corrected chi connectivity index (χ2v) is 6.64. The Labute approximate surface area is 149 Å². The lowest BCUT2D eigenvalue weighted by Gasteiger charge is -2.13. The van der Waals surface area contributed by atoms with E-state index in [0.717, 1.165) is 24.4 Å².